The Kier molecular flexibility index (Phi) is 1.97. The van der Waals surface area contributed by atoms with Gasteiger partial charge in [-0.1, -0.05) is 50.3 Å². The molecule has 0 bridgehead atoms. The molecule has 1 unspecified atom stereocenters. The molecule has 1 aromatic carbocycles. The topological polar surface area (TPSA) is 26.0 Å². The van der Waals surface area contributed by atoms with Crippen LogP contribution in [0, 0.1) is 0 Å². The van der Waals surface area contributed by atoms with Crippen LogP contribution in [0.2, 0.25) is 0 Å². The van der Waals surface area contributed by atoms with Gasteiger partial charge in [0.05, 0.1) is 0 Å². The van der Waals surface area contributed by atoms with Crippen LogP contribution >= 0.6 is 0 Å². The standard InChI is InChI=1S/C16H19N/c1-15(2)13-7-5-4-6-11(13)12-8-9-16(3,17)10-14(12)15/h4-8,10H,9,17H2,1-3H3. The lowest BCUT2D eigenvalue weighted by Crippen LogP contribution is -2.36. The summed E-state index contributed by atoms with van der Waals surface area (Å²) in [6.07, 6.45) is 5.50. The minimum absolute atomic E-state index is 0.0868. The van der Waals surface area contributed by atoms with Crippen molar-refractivity contribution in [1.82, 2.24) is 0 Å². The molecule has 2 aliphatic carbocycles. The SMILES string of the molecule is CC1(N)C=C2C(=CC1)c1ccccc1C2(C)C. The Labute approximate surface area is 103 Å². The quantitative estimate of drug-likeness (QED) is 0.719. The summed E-state index contributed by atoms with van der Waals surface area (Å²) in [7, 11) is 0. The van der Waals surface area contributed by atoms with Crippen molar-refractivity contribution in [2.45, 2.75) is 38.1 Å². The third-order valence-corrected chi connectivity index (χ3v) is 4.07. The summed E-state index contributed by atoms with van der Waals surface area (Å²) < 4.78 is 0. The van der Waals surface area contributed by atoms with E-state index < -0.39 is 0 Å². The van der Waals surface area contributed by atoms with Crippen LogP contribution < -0.4 is 5.73 Å². The molecule has 0 radical (unpaired) electrons. The highest BCUT2D eigenvalue weighted by Crippen LogP contribution is 2.51. The van der Waals surface area contributed by atoms with Crippen molar-refractivity contribution in [2.24, 2.45) is 5.73 Å². The van der Waals surface area contributed by atoms with Crippen molar-refractivity contribution < 1.29 is 0 Å². The van der Waals surface area contributed by atoms with Crippen molar-refractivity contribution in [3.63, 3.8) is 0 Å². The molecule has 0 aromatic heterocycles. The zero-order chi connectivity index (χ0) is 12.3. The lowest BCUT2D eigenvalue weighted by molar-refractivity contribution is 0.565. The molecule has 2 aliphatic rings. The maximum atomic E-state index is 6.27. The summed E-state index contributed by atoms with van der Waals surface area (Å²) in [5.41, 5.74) is 11.8. The van der Waals surface area contributed by atoms with E-state index in [9.17, 15) is 0 Å². The first kappa shape index (κ1) is 10.8. The van der Waals surface area contributed by atoms with Gasteiger partial charge in [0.1, 0.15) is 0 Å². The number of nitrogens with two attached hydrogens (primary N) is 1. The van der Waals surface area contributed by atoms with E-state index in [1.54, 1.807) is 0 Å². The molecule has 0 aliphatic heterocycles. The van der Waals surface area contributed by atoms with E-state index in [1.165, 1.54) is 22.3 Å². The molecule has 1 aromatic rings. The second-order valence-electron chi connectivity index (χ2n) is 6.06. The van der Waals surface area contributed by atoms with Crippen molar-refractivity contribution in [1.29, 1.82) is 0 Å². The molecule has 1 nitrogen and oxygen atoms in total. The monoisotopic (exact) mass is 225 g/mol. The van der Waals surface area contributed by atoms with E-state index in [-0.39, 0.29) is 11.0 Å². The average Bonchev–Trinajstić information content (AvgIpc) is 2.48. The minimum Gasteiger partial charge on any atom is -0.322 e. The fourth-order valence-corrected chi connectivity index (χ4v) is 3.08. The number of hydrogen-bond acceptors (Lipinski definition) is 1. The van der Waals surface area contributed by atoms with Crippen molar-refractivity contribution >= 4 is 5.57 Å². The maximum absolute atomic E-state index is 6.27. The smallest absolute Gasteiger partial charge is 0.0351 e. The van der Waals surface area contributed by atoms with Crippen LogP contribution in [-0.4, -0.2) is 5.54 Å². The molecule has 88 valence electrons. The molecule has 2 N–H and O–H groups in total. The van der Waals surface area contributed by atoms with Gasteiger partial charge in [-0.2, -0.15) is 0 Å². The normalized spacial score (nSPS) is 29.2. The van der Waals surface area contributed by atoms with E-state index in [0.29, 0.717) is 0 Å². The van der Waals surface area contributed by atoms with Gasteiger partial charge < -0.3 is 5.73 Å². The Hall–Kier alpha value is -1.34. The van der Waals surface area contributed by atoms with Crippen LogP contribution in [0.4, 0.5) is 0 Å². The number of hydrogen-bond donors (Lipinski definition) is 1. The Morgan fingerprint density at radius 2 is 1.82 bits per heavy atom. The zero-order valence-corrected chi connectivity index (χ0v) is 10.7. The van der Waals surface area contributed by atoms with Crippen LogP contribution in [-0.2, 0) is 5.41 Å². The van der Waals surface area contributed by atoms with Gasteiger partial charge in [-0.25, -0.2) is 0 Å². The summed E-state index contributed by atoms with van der Waals surface area (Å²) in [6.45, 7) is 6.69. The molecule has 0 saturated carbocycles. The third kappa shape index (κ3) is 1.42. The maximum Gasteiger partial charge on any atom is 0.0351 e. The van der Waals surface area contributed by atoms with Gasteiger partial charge >= 0.3 is 0 Å². The number of fused-ring (bicyclic) bond motifs is 3. The predicted molar refractivity (Wildman–Crippen MR) is 72.7 cm³/mol. The summed E-state index contributed by atoms with van der Waals surface area (Å²) in [4.78, 5) is 0. The molecular weight excluding hydrogens is 206 g/mol. The van der Waals surface area contributed by atoms with Crippen LogP contribution in [0.5, 0.6) is 0 Å². The van der Waals surface area contributed by atoms with E-state index >= 15 is 0 Å². The number of benzene rings is 1. The molecule has 0 fully saturated rings. The first-order valence-electron chi connectivity index (χ1n) is 6.24. The van der Waals surface area contributed by atoms with Crippen molar-refractivity contribution in [3.8, 4) is 0 Å². The largest absolute Gasteiger partial charge is 0.322 e. The number of allylic oxidation sites excluding steroid dienone is 2. The summed E-state index contributed by atoms with van der Waals surface area (Å²) >= 11 is 0. The van der Waals surface area contributed by atoms with Gasteiger partial charge in [0.15, 0.2) is 0 Å². The average molecular weight is 225 g/mol. The van der Waals surface area contributed by atoms with Crippen molar-refractivity contribution in [3.05, 3.63) is 53.1 Å². The highest BCUT2D eigenvalue weighted by Gasteiger charge is 2.40. The first-order valence-corrected chi connectivity index (χ1v) is 6.24. The zero-order valence-electron chi connectivity index (χ0n) is 10.7. The van der Waals surface area contributed by atoms with Gasteiger partial charge in [0.25, 0.3) is 0 Å². The molecule has 3 rings (SSSR count). The summed E-state index contributed by atoms with van der Waals surface area (Å²) in [5.74, 6) is 0. The Morgan fingerprint density at radius 3 is 2.59 bits per heavy atom. The van der Waals surface area contributed by atoms with E-state index in [2.05, 4.69) is 57.2 Å². The lowest BCUT2D eigenvalue weighted by atomic mass is 9.77. The fraction of sp³-hybridized carbons (Fsp3) is 0.375. The van der Waals surface area contributed by atoms with Gasteiger partial charge in [-0.3, -0.25) is 0 Å². The van der Waals surface area contributed by atoms with Crippen LogP contribution in [0.25, 0.3) is 5.57 Å². The first-order chi connectivity index (χ1) is 7.92. The molecule has 0 heterocycles. The predicted octanol–water partition coefficient (Wildman–Crippen LogP) is 3.41. The molecule has 0 spiro atoms. The van der Waals surface area contributed by atoms with E-state index in [0.717, 1.165) is 6.42 Å². The minimum atomic E-state index is -0.196. The highest BCUT2D eigenvalue weighted by molar-refractivity contribution is 5.90. The Balaban J connectivity index is 2.27. The third-order valence-electron chi connectivity index (χ3n) is 4.07. The van der Waals surface area contributed by atoms with E-state index in [1.807, 2.05) is 0 Å². The summed E-state index contributed by atoms with van der Waals surface area (Å²) in [5, 5.41) is 0. The molecule has 0 amide bonds. The van der Waals surface area contributed by atoms with Gasteiger partial charge in [-0.05, 0) is 35.6 Å². The second-order valence-corrected chi connectivity index (χ2v) is 6.06. The van der Waals surface area contributed by atoms with Crippen LogP contribution in [0.1, 0.15) is 38.3 Å². The molecular formula is C16H19N. The second kappa shape index (κ2) is 3.11. The van der Waals surface area contributed by atoms with Crippen LogP contribution in [0.15, 0.2) is 42.0 Å². The number of rotatable bonds is 0. The highest BCUT2D eigenvalue weighted by atomic mass is 14.7. The van der Waals surface area contributed by atoms with Gasteiger partial charge in [0.2, 0.25) is 0 Å². The molecule has 1 heteroatoms. The van der Waals surface area contributed by atoms with Crippen LogP contribution in [0.3, 0.4) is 0 Å². The fourth-order valence-electron chi connectivity index (χ4n) is 3.08. The van der Waals surface area contributed by atoms with Gasteiger partial charge in [0, 0.05) is 11.0 Å². The van der Waals surface area contributed by atoms with Gasteiger partial charge in [-0.15, -0.1) is 0 Å². The molecule has 17 heavy (non-hydrogen) atoms. The van der Waals surface area contributed by atoms with Crippen molar-refractivity contribution in [2.75, 3.05) is 0 Å². The Morgan fingerprint density at radius 1 is 1.12 bits per heavy atom. The molecule has 1 atom stereocenters. The molecule has 0 saturated heterocycles. The van der Waals surface area contributed by atoms with E-state index in [4.69, 9.17) is 5.73 Å². The lowest BCUT2D eigenvalue weighted by Gasteiger charge is -2.30. The Bertz CT molecular complexity index is 544. The summed E-state index contributed by atoms with van der Waals surface area (Å²) in [6, 6.07) is 8.71.